The van der Waals surface area contributed by atoms with E-state index in [1.54, 1.807) is 24.3 Å². The first-order valence-corrected chi connectivity index (χ1v) is 5.90. The second-order valence-corrected chi connectivity index (χ2v) is 4.10. The monoisotopic (exact) mass is 282 g/mol. The van der Waals surface area contributed by atoms with Crippen LogP contribution in [0.15, 0.2) is 42.5 Å². The fraction of sp³-hybridized carbons (Fsp3) is 0.214. The van der Waals surface area contributed by atoms with Crippen LogP contribution in [0.3, 0.4) is 0 Å². The van der Waals surface area contributed by atoms with E-state index < -0.39 is 11.7 Å². The first-order valence-electron chi connectivity index (χ1n) is 5.90. The summed E-state index contributed by atoms with van der Waals surface area (Å²) in [5.41, 5.74) is 0.396. The zero-order valence-electron chi connectivity index (χ0n) is 10.7. The molecule has 0 radical (unpaired) electrons. The first kappa shape index (κ1) is 14.2. The third kappa shape index (κ3) is 3.63. The standard InChI is InChI=1S/C14H13F3N2O/c1-20-13-7-3-6-12(19-13)9-18-11-5-2-4-10(8-11)14(15,16)17/h2-8,18H,9H2,1H3. The van der Waals surface area contributed by atoms with Crippen LogP contribution in [0.5, 0.6) is 5.88 Å². The summed E-state index contributed by atoms with van der Waals surface area (Å²) < 4.78 is 42.7. The van der Waals surface area contributed by atoms with E-state index in [-0.39, 0.29) is 0 Å². The van der Waals surface area contributed by atoms with Crippen molar-refractivity contribution >= 4 is 5.69 Å². The number of methoxy groups -OCH3 is 1. The van der Waals surface area contributed by atoms with E-state index in [4.69, 9.17) is 4.74 Å². The maximum atomic E-state index is 12.6. The van der Waals surface area contributed by atoms with E-state index in [1.807, 2.05) is 0 Å². The molecule has 1 heterocycles. The first-order chi connectivity index (χ1) is 9.49. The second kappa shape index (κ2) is 5.81. The zero-order chi connectivity index (χ0) is 14.6. The van der Waals surface area contributed by atoms with Gasteiger partial charge in [0.25, 0.3) is 0 Å². The summed E-state index contributed by atoms with van der Waals surface area (Å²) in [6, 6.07) is 10.3. The van der Waals surface area contributed by atoms with Crippen molar-refractivity contribution in [2.45, 2.75) is 12.7 Å². The Morgan fingerprint density at radius 1 is 1.15 bits per heavy atom. The number of anilines is 1. The number of alkyl halides is 3. The van der Waals surface area contributed by atoms with Gasteiger partial charge in [0.2, 0.25) is 5.88 Å². The van der Waals surface area contributed by atoms with Crippen LogP contribution in [-0.4, -0.2) is 12.1 Å². The van der Waals surface area contributed by atoms with Gasteiger partial charge in [-0.05, 0) is 24.3 Å². The average molecular weight is 282 g/mol. The number of halogens is 3. The van der Waals surface area contributed by atoms with E-state index in [9.17, 15) is 13.2 Å². The molecule has 0 unspecified atom stereocenters. The minimum absolute atomic E-state index is 0.318. The quantitative estimate of drug-likeness (QED) is 0.928. The van der Waals surface area contributed by atoms with Crippen LogP contribution in [-0.2, 0) is 12.7 Å². The number of nitrogens with zero attached hydrogens (tertiary/aromatic N) is 1. The lowest BCUT2D eigenvalue weighted by Gasteiger charge is -2.10. The Labute approximate surface area is 114 Å². The largest absolute Gasteiger partial charge is 0.481 e. The number of ether oxygens (including phenoxy) is 1. The van der Waals surface area contributed by atoms with E-state index in [0.717, 1.165) is 12.1 Å². The fourth-order valence-electron chi connectivity index (χ4n) is 1.67. The van der Waals surface area contributed by atoms with Crippen molar-refractivity contribution < 1.29 is 17.9 Å². The number of hydrogen-bond donors (Lipinski definition) is 1. The van der Waals surface area contributed by atoms with Gasteiger partial charge in [0.05, 0.1) is 24.9 Å². The van der Waals surface area contributed by atoms with Crippen LogP contribution in [0.4, 0.5) is 18.9 Å². The number of aromatic nitrogens is 1. The zero-order valence-corrected chi connectivity index (χ0v) is 10.7. The highest BCUT2D eigenvalue weighted by Crippen LogP contribution is 2.30. The van der Waals surface area contributed by atoms with E-state index >= 15 is 0 Å². The molecule has 0 spiro atoms. The number of nitrogens with one attached hydrogen (secondary N) is 1. The number of rotatable bonds is 4. The summed E-state index contributed by atoms with van der Waals surface area (Å²) in [4.78, 5) is 4.17. The molecule has 2 rings (SSSR count). The number of pyridine rings is 1. The van der Waals surface area contributed by atoms with Gasteiger partial charge in [-0.3, -0.25) is 0 Å². The number of hydrogen-bond acceptors (Lipinski definition) is 3. The summed E-state index contributed by atoms with van der Waals surface area (Å²) >= 11 is 0. The van der Waals surface area contributed by atoms with Crippen molar-refractivity contribution in [3.8, 4) is 5.88 Å². The van der Waals surface area contributed by atoms with E-state index in [1.165, 1.54) is 13.2 Å². The van der Waals surface area contributed by atoms with Crippen molar-refractivity contribution in [3.05, 3.63) is 53.7 Å². The molecule has 1 aromatic heterocycles. The van der Waals surface area contributed by atoms with Crippen LogP contribution < -0.4 is 10.1 Å². The molecule has 2 aromatic rings. The third-order valence-corrected chi connectivity index (χ3v) is 2.65. The highest BCUT2D eigenvalue weighted by Gasteiger charge is 2.30. The molecule has 1 aromatic carbocycles. The predicted molar refractivity (Wildman–Crippen MR) is 69.6 cm³/mol. The van der Waals surface area contributed by atoms with Gasteiger partial charge in [-0.25, -0.2) is 4.98 Å². The molecule has 3 nitrogen and oxygen atoms in total. The van der Waals surface area contributed by atoms with Gasteiger partial charge in [0.1, 0.15) is 0 Å². The molecule has 0 bridgehead atoms. The lowest BCUT2D eigenvalue weighted by atomic mass is 10.2. The lowest BCUT2D eigenvalue weighted by molar-refractivity contribution is -0.137. The minimum Gasteiger partial charge on any atom is -0.481 e. The summed E-state index contributed by atoms with van der Waals surface area (Å²) in [5, 5.41) is 2.91. The molecule has 0 fully saturated rings. The molecule has 20 heavy (non-hydrogen) atoms. The van der Waals surface area contributed by atoms with Gasteiger partial charge in [0, 0.05) is 11.8 Å². The molecule has 106 valence electrons. The van der Waals surface area contributed by atoms with Crippen molar-refractivity contribution in [2.24, 2.45) is 0 Å². The maximum Gasteiger partial charge on any atom is 0.416 e. The highest BCUT2D eigenvalue weighted by atomic mass is 19.4. The molecule has 0 aliphatic heterocycles. The van der Waals surface area contributed by atoms with Crippen molar-refractivity contribution in [3.63, 3.8) is 0 Å². The van der Waals surface area contributed by atoms with Gasteiger partial charge in [-0.2, -0.15) is 13.2 Å². The molecule has 0 saturated heterocycles. The summed E-state index contributed by atoms with van der Waals surface area (Å²) in [7, 11) is 1.51. The Kier molecular flexibility index (Phi) is 4.12. The van der Waals surface area contributed by atoms with E-state index in [2.05, 4.69) is 10.3 Å². The van der Waals surface area contributed by atoms with Crippen LogP contribution in [0.1, 0.15) is 11.3 Å². The molecule has 0 atom stereocenters. The minimum atomic E-state index is -4.34. The predicted octanol–water partition coefficient (Wildman–Crippen LogP) is 3.72. The smallest absolute Gasteiger partial charge is 0.416 e. The van der Waals surface area contributed by atoms with Gasteiger partial charge in [-0.15, -0.1) is 0 Å². The third-order valence-electron chi connectivity index (χ3n) is 2.65. The molecule has 0 aliphatic carbocycles. The topological polar surface area (TPSA) is 34.1 Å². The molecular weight excluding hydrogens is 269 g/mol. The summed E-state index contributed by atoms with van der Waals surface area (Å²) in [6.07, 6.45) is -4.34. The Morgan fingerprint density at radius 3 is 2.60 bits per heavy atom. The van der Waals surface area contributed by atoms with Crippen molar-refractivity contribution in [1.82, 2.24) is 4.98 Å². The Balaban J connectivity index is 2.07. The fourth-order valence-corrected chi connectivity index (χ4v) is 1.67. The Bertz CT molecular complexity index is 585. The maximum absolute atomic E-state index is 12.6. The molecule has 6 heteroatoms. The van der Waals surface area contributed by atoms with Crippen molar-refractivity contribution in [1.29, 1.82) is 0 Å². The average Bonchev–Trinajstić information content (AvgIpc) is 2.45. The highest BCUT2D eigenvalue weighted by molar-refractivity contribution is 5.46. The molecule has 0 saturated carbocycles. The number of benzene rings is 1. The normalized spacial score (nSPS) is 11.2. The SMILES string of the molecule is COc1cccc(CNc2cccc(C(F)(F)F)c2)n1. The van der Waals surface area contributed by atoms with Gasteiger partial charge in [0.15, 0.2) is 0 Å². The van der Waals surface area contributed by atoms with Crippen LogP contribution in [0.25, 0.3) is 0 Å². The molecule has 0 aliphatic rings. The molecule has 1 N–H and O–H groups in total. The van der Waals surface area contributed by atoms with E-state index in [0.29, 0.717) is 23.8 Å². The van der Waals surface area contributed by atoms with Gasteiger partial charge < -0.3 is 10.1 Å². The molecular formula is C14H13F3N2O. The van der Waals surface area contributed by atoms with Gasteiger partial charge in [-0.1, -0.05) is 12.1 Å². The Hall–Kier alpha value is -2.24. The van der Waals surface area contributed by atoms with Crippen LogP contribution in [0, 0.1) is 0 Å². The lowest BCUT2D eigenvalue weighted by Crippen LogP contribution is -2.07. The van der Waals surface area contributed by atoms with Crippen LogP contribution >= 0.6 is 0 Å². The van der Waals surface area contributed by atoms with Crippen LogP contribution in [0.2, 0.25) is 0 Å². The summed E-state index contributed by atoms with van der Waals surface area (Å²) in [6.45, 7) is 0.318. The molecule has 0 amide bonds. The second-order valence-electron chi connectivity index (χ2n) is 4.10. The van der Waals surface area contributed by atoms with Gasteiger partial charge >= 0.3 is 6.18 Å². The summed E-state index contributed by atoms with van der Waals surface area (Å²) in [5.74, 6) is 0.466. The Morgan fingerprint density at radius 2 is 1.90 bits per heavy atom. The van der Waals surface area contributed by atoms with Crippen molar-refractivity contribution in [2.75, 3.05) is 12.4 Å².